The van der Waals surface area contributed by atoms with E-state index in [1.54, 1.807) is 0 Å². The molecule has 3 unspecified atom stereocenters. The van der Waals surface area contributed by atoms with Crippen molar-refractivity contribution in [1.29, 1.82) is 0 Å². The van der Waals surface area contributed by atoms with Gasteiger partial charge in [0.15, 0.2) is 6.10 Å². The van der Waals surface area contributed by atoms with Crippen LogP contribution in [-0.2, 0) is 30.5 Å². The van der Waals surface area contributed by atoms with Gasteiger partial charge in [0.25, 0.3) is 5.91 Å². The maximum atomic E-state index is 13.1. The number of rotatable bonds is 18. The van der Waals surface area contributed by atoms with Gasteiger partial charge < -0.3 is 39.9 Å². The van der Waals surface area contributed by atoms with E-state index < -0.39 is 42.2 Å². The highest BCUT2D eigenvalue weighted by molar-refractivity contribution is 6.55. The number of carboxylic acids is 1. The molecule has 1 aliphatic rings. The van der Waals surface area contributed by atoms with E-state index in [2.05, 4.69) is 41.8 Å². The third-order valence-corrected chi connectivity index (χ3v) is 7.02. The van der Waals surface area contributed by atoms with Gasteiger partial charge in [-0.3, -0.25) is 14.4 Å². The Morgan fingerprint density at radius 2 is 1.85 bits per heavy atom. The maximum Gasteiger partial charge on any atom is 0.333 e. The molecular weight excluding hydrogens is 597 g/mol. The van der Waals surface area contributed by atoms with E-state index >= 15 is 0 Å². The number of oxime groups is 1. The van der Waals surface area contributed by atoms with Gasteiger partial charge in [0.1, 0.15) is 19.0 Å². The zero-order valence-electron chi connectivity index (χ0n) is 26.9. The Balaban J connectivity index is 1.86. The highest BCUT2D eigenvalue weighted by atomic mass is 16.7. The minimum atomic E-state index is -1.29. The van der Waals surface area contributed by atoms with Crippen molar-refractivity contribution in [2.45, 2.75) is 91.3 Å². The number of carbonyl (C=O) groups is 4. The quantitative estimate of drug-likeness (QED) is 0.0609. The average Bonchev–Trinajstić information content (AvgIpc) is 3.01. The number of nitrogens with one attached hydrogen (secondary N) is 2. The molecule has 0 saturated carbocycles. The molecule has 2 rings (SSSR count). The summed E-state index contributed by atoms with van der Waals surface area (Å²) >= 11 is 0. The largest absolute Gasteiger partial charge is 0.479 e. The van der Waals surface area contributed by atoms with Gasteiger partial charge in [0.05, 0.1) is 30.5 Å². The number of aliphatic hydroxyl groups excluding tert-OH is 1. The lowest BCUT2D eigenvalue weighted by Crippen LogP contribution is -2.42. The van der Waals surface area contributed by atoms with E-state index in [4.69, 9.17) is 26.9 Å². The van der Waals surface area contributed by atoms with Crippen LogP contribution in [-0.4, -0.2) is 85.6 Å². The van der Waals surface area contributed by atoms with Crippen molar-refractivity contribution in [3.8, 4) is 5.75 Å². The second-order valence-electron chi connectivity index (χ2n) is 11.0. The molecule has 0 spiro atoms. The first-order chi connectivity index (χ1) is 21.9. The standard InChI is InChI=1S/C32H44BN3O10/c1-5-20(2)7-6-8-21(3)9-10-22(4)36-44-14-13-34-28(38)18-35-30(39)25-15-23(19-43-32(33)42)11-12-26(25)45-29-17-24(37)16-27(46-29)31(40)41/h5,8,11-12,15,24,27,29,37H,6-7,9-10,13-14,16-19H2,1-4H3,(H,34,38)(H,35,39)(H,40,41)/b20-5+,21-8+,36-22+. The summed E-state index contributed by atoms with van der Waals surface area (Å²) in [6, 6.07) is 4.28. The van der Waals surface area contributed by atoms with Crippen LogP contribution >= 0.6 is 0 Å². The van der Waals surface area contributed by atoms with Gasteiger partial charge in [-0.2, -0.15) is 0 Å². The topological polar surface area (TPSA) is 182 Å². The molecule has 1 aliphatic heterocycles. The summed E-state index contributed by atoms with van der Waals surface area (Å²) in [5.41, 5.74) is 3.86. The molecule has 14 heteroatoms. The molecule has 250 valence electrons. The van der Waals surface area contributed by atoms with Gasteiger partial charge in [-0.15, -0.1) is 0 Å². The molecule has 1 saturated heterocycles. The molecule has 2 radical (unpaired) electrons. The van der Waals surface area contributed by atoms with Crippen molar-refractivity contribution in [2.24, 2.45) is 5.16 Å². The summed E-state index contributed by atoms with van der Waals surface area (Å²) in [7, 11) is 5.03. The van der Waals surface area contributed by atoms with Crippen molar-refractivity contribution >= 4 is 37.2 Å². The van der Waals surface area contributed by atoms with Crippen LogP contribution in [0.15, 0.2) is 46.7 Å². The molecule has 46 heavy (non-hydrogen) atoms. The van der Waals surface area contributed by atoms with Gasteiger partial charge in [0, 0.05) is 12.8 Å². The number of hydrogen-bond acceptors (Lipinski definition) is 10. The van der Waals surface area contributed by atoms with Crippen LogP contribution in [0.2, 0.25) is 0 Å². The first kappa shape index (κ1) is 38.0. The Morgan fingerprint density at radius 3 is 2.54 bits per heavy atom. The summed E-state index contributed by atoms with van der Waals surface area (Å²) in [4.78, 5) is 53.1. The van der Waals surface area contributed by atoms with E-state index in [1.807, 2.05) is 13.8 Å². The normalized spacial score (nSPS) is 18.8. The Morgan fingerprint density at radius 1 is 1.09 bits per heavy atom. The Hall–Kier alpha value is -4.17. The van der Waals surface area contributed by atoms with E-state index in [1.165, 1.54) is 29.3 Å². The monoisotopic (exact) mass is 641 g/mol. The number of aliphatic carboxylic acids is 1. The van der Waals surface area contributed by atoms with Gasteiger partial charge >= 0.3 is 5.97 Å². The SMILES string of the molecule is [B]C(=O)OCc1ccc(OC2CC(O)CC(C(=O)O)O2)c(C(=O)NCC(=O)NCCO/N=C(\C)CC/C(C)=C/CC/C(C)=C/C)c1. The lowest BCUT2D eigenvalue weighted by Gasteiger charge is -2.31. The average molecular weight is 642 g/mol. The number of carbonyl (C=O) groups excluding carboxylic acids is 3. The zero-order chi connectivity index (χ0) is 34.1. The first-order valence-electron chi connectivity index (χ1n) is 15.1. The third-order valence-electron chi connectivity index (χ3n) is 7.02. The summed E-state index contributed by atoms with van der Waals surface area (Å²) < 4.78 is 15.9. The molecule has 4 N–H and O–H groups in total. The number of benzene rings is 1. The molecule has 1 fully saturated rings. The molecule has 2 amide bonds. The van der Waals surface area contributed by atoms with E-state index in [0.717, 1.165) is 31.4 Å². The van der Waals surface area contributed by atoms with Gasteiger partial charge in [-0.05, 0) is 71.1 Å². The molecule has 0 bridgehead atoms. The van der Waals surface area contributed by atoms with E-state index in [-0.39, 0.29) is 50.5 Å². The lowest BCUT2D eigenvalue weighted by atomic mass is 10.0. The van der Waals surface area contributed by atoms with Crippen LogP contribution in [0.1, 0.15) is 82.1 Å². The second-order valence-corrected chi connectivity index (χ2v) is 11.0. The van der Waals surface area contributed by atoms with Crippen LogP contribution in [0.4, 0.5) is 4.79 Å². The number of amides is 2. The van der Waals surface area contributed by atoms with Crippen molar-refractivity contribution in [1.82, 2.24) is 10.6 Å². The predicted molar refractivity (Wildman–Crippen MR) is 171 cm³/mol. The summed E-state index contributed by atoms with van der Waals surface area (Å²) in [5.74, 6) is -3.45. The second kappa shape index (κ2) is 20.1. The van der Waals surface area contributed by atoms with E-state index in [0.29, 0.717) is 5.56 Å². The van der Waals surface area contributed by atoms with Crippen LogP contribution < -0.4 is 15.4 Å². The van der Waals surface area contributed by atoms with Gasteiger partial charge in [-0.25, -0.2) is 4.79 Å². The Kier molecular flexibility index (Phi) is 16.6. The molecule has 0 aromatic heterocycles. The smallest absolute Gasteiger partial charge is 0.333 e. The first-order valence-corrected chi connectivity index (χ1v) is 15.1. The van der Waals surface area contributed by atoms with Crippen molar-refractivity contribution in [2.75, 3.05) is 19.7 Å². The predicted octanol–water partition coefficient (Wildman–Crippen LogP) is 3.53. The fourth-order valence-corrected chi connectivity index (χ4v) is 4.26. The molecular formula is C32H44BN3O10. The lowest BCUT2D eigenvalue weighted by molar-refractivity contribution is -0.195. The van der Waals surface area contributed by atoms with Gasteiger partial charge in [-0.1, -0.05) is 34.5 Å². The third kappa shape index (κ3) is 14.7. The highest BCUT2D eigenvalue weighted by Gasteiger charge is 2.34. The Labute approximate surface area is 270 Å². The molecule has 1 aromatic rings. The Bertz CT molecular complexity index is 1300. The number of carboxylic acid groups (broad SMARTS) is 1. The highest BCUT2D eigenvalue weighted by Crippen LogP contribution is 2.27. The van der Waals surface area contributed by atoms with Gasteiger partial charge in [0.2, 0.25) is 25.9 Å². The van der Waals surface area contributed by atoms with Crippen molar-refractivity contribution < 1.29 is 48.4 Å². The molecule has 13 nitrogen and oxygen atoms in total. The number of allylic oxidation sites excluding steroid dienone is 4. The van der Waals surface area contributed by atoms with Crippen molar-refractivity contribution in [3.05, 3.63) is 52.6 Å². The zero-order valence-corrected chi connectivity index (χ0v) is 26.9. The van der Waals surface area contributed by atoms with E-state index in [9.17, 15) is 29.4 Å². The molecule has 1 heterocycles. The number of nitrogens with zero attached hydrogens (tertiary/aromatic N) is 1. The summed E-state index contributed by atoms with van der Waals surface area (Å²) in [6.45, 7) is 7.84. The summed E-state index contributed by atoms with van der Waals surface area (Å²) in [5, 5.41) is 28.5. The maximum absolute atomic E-state index is 13.1. The minimum Gasteiger partial charge on any atom is -0.479 e. The molecule has 0 aliphatic carbocycles. The van der Waals surface area contributed by atoms with Crippen LogP contribution in [0, 0.1) is 0 Å². The van der Waals surface area contributed by atoms with Crippen molar-refractivity contribution in [3.63, 3.8) is 0 Å². The summed E-state index contributed by atoms with van der Waals surface area (Å²) in [6.07, 6.45) is 4.51. The molecule has 3 atom stereocenters. The van der Waals surface area contributed by atoms with Crippen LogP contribution in [0.3, 0.4) is 0 Å². The number of aliphatic hydroxyl groups is 1. The van der Waals surface area contributed by atoms with Crippen LogP contribution in [0.25, 0.3) is 0 Å². The minimum absolute atomic E-state index is 0.0000298. The van der Waals surface area contributed by atoms with Crippen LogP contribution in [0.5, 0.6) is 5.75 Å². The number of hydrogen-bond donors (Lipinski definition) is 4. The fourth-order valence-electron chi connectivity index (χ4n) is 4.26. The molecule has 1 aromatic carbocycles. The fraction of sp³-hybridized carbons (Fsp3) is 0.531. The number of ether oxygens (including phenoxy) is 3.